The average molecular weight is 209 g/mol. The highest BCUT2D eigenvalue weighted by molar-refractivity contribution is 5.73. The summed E-state index contributed by atoms with van der Waals surface area (Å²) in [5.74, 6) is -0.505. The number of rotatable bonds is 4. The second-order valence-corrected chi connectivity index (χ2v) is 3.46. The molecule has 5 nitrogen and oxygen atoms in total. The van der Waals surface area contributed by atoms with Crippen LogP contribution in [0.5, 0.6) is 0 Å². The molecular weight excluding hydrogens is 194 g/mol. The number of aromatic nitrogens is 1. The van der Waals surface area contributed by atoms with Gasteiger partial charge < -0.3 is 16.6 Å². The van der Waals surface area contributed by atoms with Gasteiger partial charge in [0.2, 0.25) is 0 Å². The number of carbonyl (C=O) groups is 1. The van der Waals surface area contributed by atoms with Gasteiger partial charge in [-0.1, -0.05) is 6.07 Å². The van der Waals surface area contributed by atoms with E-state index in [0.717, 1.165) is 11.3 Å². The number of aryl methyl sites for hydroxylation is 2. The van der Waals surface area contributed by atoms with Crippen LogP contribution in [0.25, 0.3) is 0 Å². The Morgan fingerprint density at radius 1 is 1.60 bits per heavy atom. The normalized spacial score (nSPS) is 12.4. The second-order valence-electron chi connectivity index (χ2n) is 3.46. The lowest BCUT2D eigenvalue weighted by atomic mass is 10.0. The standard InChI is InChI=1S/C10H15N3O2/c1-6-7(3-5-9(12)13-6)2-4-8(11)10(14)15/h3,5,8H,2,4,11H2,1H3,(H2,12,13)(H,14,15). The number of hydrogen-bond donors (Lipinski definition) is 3. The van der Waals surface area contributed by atoms with Crippen LogP contribution in [0.15, 0.2) is 12.1 Å². The minimum absolute atomic E-state index is 0.405. The van der Waals surface area contributed by atoms with Gasteiger partial charge >= 0.3 is 5.97 Å². The molecule has 1 heterocycles. The molecule has 1 atom stereocenters. The molecule has 0 saturated carbocycles. The van der Waals surface area contributed by atoms with E-state index in [1.807, 2.05) is 13.0 Å². The fraction of sp³-hybridized carbons (Fsp3) is 0.400. The molecule has 15 heavy (non-hydrogen) atoms. The molecule has 0 aliphatic carbocycles. The number of nitrogens with two attached hydrogens (primary N) is 2. The Bertz CT molecular complexity index is 366. The summed E-state index contributed by atoms with van der Waals surface area (Å²) in [7, 11) is 0. The van der Waals surface area contributed by atoms with Gasteiger partial charge in [-0.2, -0.15) is 0 Å². The summed E-state index contributed by atoms with van der Waals surface area (Å²) in [6.45, 7) is 1.85. The van der Waals surface area contributed by atoms with E-state index in [-0.39, 0.29) is 0 Å². The third kappa shape index (κ3) is 3.21. The number of anilines is 1. The first-order valence-electron chi connectivity index (χ1n) is 4.71. The molecular formula is C10H15N3O2. The summed E-state index contributed by atoms with van der Waals surface area (Å²) in [5.41, 5.74) is 12.7. The van der Waals surface area contributed by atoms with Crippen molar-refractivity contribution in [3.8, 4) is 0 Å². The van der Waals surface area contributed by atoms with Gasteiger partial charge in [0.15, 0.2) is 0 Å². The molecule has 1 unspecified atom stereocenters. The van der Waals surface area contributed by atoms with E-state index < -0.39 is 12.0 Å². The lowest BCUT2D eigenvalue weighted by Gasteiger charge is -2.08. The van der Waals surface area contributed by atoms with Crippen LogP contribution in [0.3, 0.4) is 0 Å². The Morgan fingerprint density at radius 2 is 2.27 bits per heavy atom. The van der Waals surface area contributed by atoms with Gasteiger partial charge in [-0.3, -0.25) is 4.79 Å². The summed E-state index contributed by atoms with van der Waals surface area (Å²) in [6, 6.07) is 2.74. The van der Waals surface area contributed by atoms with Crippen LogP contribution < -0.4 is 11.5 Å². The van der Waals surface area contributed by atoms with Crippen molar-refractivity contribution in [3.05, 3.63) is 23.4 Å². The molecule has 0 aliphatic rings. The summed E-state index contributed by atoms with van der Waals surface area (Å²) in [4.78, 5) is 14.6. The topological polar surface area (TPSA) is 102 Å². The van der Waals surface area contributed by atoms with Crippen molar-refractivity contribution in [1.82, 2.24) is 4.98 Å². The molecule has 0 aliphatic heterocycles. The molecule has 1 aromatic rings. The van der Waals surface area contributed by atoms with Crippen LogP contribution >= 0.6 is 0 Å². The quantitative estimate of drug-likeness (QED) is 0.662. The van der Waals surface area contributed by atoms with Gasteiger partial charge in [-0.15, -0.1) is 0 Å². The Hall–Kier alpha value is -1.62. The van der Waals surface area contributed by atoms with Crippen LogP contribution in [0, 0.1) is 6.92 Å². The lowest BCUT2D eigenvalue weighted by molar-refractivity contribution is -0.138. The van der Waals surface area contributed by atoms with Gasteiger partial charge in [0.05, 0.1) is 0 Å². The van der Waals surface area contributed by atoms with Gasteiger partial charge in [-0.25, -0.2) is 4.98 Å². The maximum Gasteiger partial charge on any atom is 0.320 e. The smallest absolute Gasteiger partial charge is 0.320 e. The molecule has 0 fully saturated rings. The Balaban J connectivity index is 2.62. The molecule has 0 radical (unpaired) electrons. The van der Waals surface area contributed by atoms with Gasteiger partial charge in [0.25, 0.3) is 0 Å². The minimum atomic E-state index is -0.976. The first-order valence-corrected chi connectivity index (χ1v) is 4.71. The fourth-order valence-corrected chi connectivity index (χ4v) is 1.31. The summed E-state index contributed by atoms with van der Waals surface area (Å²) in [6.07, 6.45) is 1.01. The lowest BCUT2D eigenvalue weighted by Crippen LogP contribution is -2.30. The fourth-order valence-electron chi connectivity index (χ4n) is 1.31. The van der Waals surface area contributed by atoms with Crippen molar-refractivity contribution in [2.75, 3.05) is 5.73 Å². The largest absolute Gasteiger partial charge is 0.480 e. The van der Waals surface area contributed by atoms with E-state index in [1.54, 1.807) is 6.07 Å². The van der Waals surface area contributed by atoms with Crippen molar-refractivity contribution in [3.63, 3.8) is 0 Å². The first kappa shape index (κ1) is 11.5. The van der Waals surface area contributed by atoms with Crippen LogP contribution in [-0.4, -0.2) is 22.1 Å². The molecule has 0 amide bonds. The summed E-state index contributed by atoms with van der Waals surface area (Å²) >= 11 is 0. The number of nitrogen functional groups attached to an aromatic ring is 1. The molecule has 82 valence electrons. The molecule has 5 heteroatoms. The Kier molecular flexibility index (Phi) is 3.62. The van der Waals surface area contributed by atoms with E-state index in [2.05, 4.69) is 4.98 Å². The third-order valence-electron chi connectivity index (χ3n) is 2.26. The number of pyridine rings is 1. The van der Waals surface area contributed by atoms with Crippen molar-refractivity contribution < 1.29 is 9.90 Å². The van der Waals surface area contributed by atoms with Crippen molar-refractivity contribution in [2.45, 2.75) is 25.8 Å². The minimum Gasteiger partial charge on any atom is -0.480 e. The zero-order valence-corrected chi connectivity index (χ0v) is 8.60. The number of hydrogen-bond acceptors (Lipinski definition) is 4. The summed E-state index contributed by atoms with van der Waals surface area (Å²) < 4.78 is 0. The molecule has 5 N–H and O–H groups in total. The highest BCUT2D eigenvalue weighted by Crippen LogP contribution is 2.11. The van der Waals surface area contributed by atoms with Crippen molar-refractivity contribution in [1.29, 1.82) is 0 Å². The van der Waals surface area contributed by atoms with Crippen LogP contribution in [0.4, 0.5) is 5.82 Å². The van der Waals surface area contributed by atoms with E-state index >= 15 is 0 Å². The number of carboxylic acids is 1. The van der Waals surface area contributed by atoms with Crippen LogP contribution in [-0.2, 0) is 11.2 Å². The number of aliphatic carboxylic acids is 1. The molecule has 0 aromatic carbocycles. The molecule has 0 saturated heterocycles. The zero-order chi connectivity index (χ0) is 11.4. The van der Waals surface area contributed by atoms with Crippen LogP contribution in [0.1, 0.15) is 17.7 Å². The maximum atomic E-state index is 10.5. The molecule has 1 aromatic heterocycles. The number of nitrogens with zero attached hydrogens (tertiary/aromatic N) is 1. The molecule has 1 rings (SSSR count). The SMILES string of the molecule is Cc1nc(N)ccc1CCC(N)C(=O)O. The predicted molar refractivity (Wildman–Crippen MR) is 57.3 cm³/mol. The highest BCUT2D eigenvalue weighted by Gasteiger charge is 2.11. The van der Waals surface area contributed by atoms with Crippen molar-refractivity contribution >= 4 is 11.8 Å². The third-order valence-corrected chi connectivity index (χ3v) is 2.26. The van der Waals surface area contributed by atoms with Gasteiger partial charge in [0, 0.05) is 5.69 Å². The summed E-state index contributed by atoms with van der Waals surface area (Å²) in [5, 5.41) is 8.61. The molecule has 0 bridgehead atoms. The van der Waals surface area contributed by atoms with Gasteiger partial charge in [0.1, 0.15) is 11.9 Å². The predicted octanol–water partition coefficient (Wildman–Crippen LogP) is 0.317. The Morgan fingerprint density at radius 3 is 2.80 bits per heavy atom. The monoisotopic (exact) mass is 209 g/mol. The van der Waals surface area contributed by atoms with Crippen molar-refractivity contribution in [2.24, 2.45) is 5.73 Å². The first-order chi connectivity index (χ1) is 7.00. The van der Waals surface area contributed by atoms with E-state index in [0.29, 0.717) is 18.7 Å². The zero-order valence-electron chi connectivity index (χ0n) is 8.60. The average Bonchev–Trinajstić information content (AvgIpc) is 2.15. The Labute approximate surface area is 88.1 Å². The van der Waals surface area contributed by atoms with Gasteiger partial charge in [-0.05, 0) is 31.4 Å². The maximum absolute atomic E-state index is 10.5. The van der Waals surface area contributed by atoms with E-state index in [1.165, 1.54) is 0 Å². The van der Waals surface area contributed by atoms with E-state index in [9.17, 15) is 4.79 Å². The number of carboxylic acid groups (broad SMARTS) is 1. The van der Waals surface area contributed by atoms with E-state index in [4.69, 9.17) is 16.6 Å². The highest BCUT2D eigenvalue weighted by atomic mass is 16.4. The van der Waals surface area contributed by atoms with Crippen LogP contribution in [0.2, 0.25) is 0 Å². The second kappa shape index (κ2) is 4.75. The molecule has 0 spiro atoms.